The Labute approximate surface area is 192 Å². The molecule has 0 bridgehead atoms. The van der Waals surface area contributed by atoms with Gasteiger partial charge in [-0.2, -0.15) is 4.31 Å². The number of aromatic carboxylic acids is 1. The van der Waals surface area contributed by atoms with Crippen LogP contribution in [0.1, 0.15) is 21.7 Å². The predicted molar refractivity (Wildman–Crippen MR) is 122 cm³/mol. The number of morpholine rings is 1. The third-order valence-corrected chi connectivity index (χ3v) is 7.19. The van der Waals surface area contributed by atoms with Gasteiger partial charge in [0.05, 0.1) is 18.1 Å². The fourth-order valence-electron chi connectivity index (χ4n) is 3.47. The highest BCUT2D eigenvalue weighted by molar-refractivity contribution is 7.89. The molecule has 2 aromatic carbocycles. The Balaban J connectivity index is 1.45. The van der Waals surface area contributed by atoms with Crippen molar-refractivity contribution < 1.29 is 23.1 Å². The van der Waals surface area contributed by atoms with Crippen molar-refractivity contribution in [1.29, 1.82) is 0 Å². The second kappa shape index (κ2) is 10.1. The Morgan fingerprint density at radius 2 is 1.73 bits per heavy atom. The number of hydrogen-bond donors (Lipinski definition) is 2. The van der Waals surface area contributed by atoms with E-state index in [1.54, 1.807) is 24.3 Å². The molecule has 0 aliphatic carbocycles. The number of carboxylic acids is 1. The zero-order valence-corrected chi connectivity index (χ0v) is 18.7. The molecule has 1 saturated heterocycles. The van der Waals surface area contributed by atoms with Crippen LogP contribution in [-0.2, 0) is 27.6 Å². The van der Waals surface area contributed by atoms with Crippen molar-refractivity contribution in [1.82, 2.24) is 14.3 Å². The summed E-state index contributed by atoms with van der Waals surface area (Å²) in [6.07, 6.45) is 2.35. The van der Waals surface area contributed by atoms with Crippen molar-refractivity contribution in [3.63, 3.8) is 0 Å². The highest BCUT2D eigenvalue weighted by Crippen LogP contribution is 2.20. The smallest absolute Gasteiger partial charge is 0.341 e. The number of sulfonamides is 1. The summed E-state index contributed by atoms with van der Waals surface area (Å²) >= 11 is 0. The summed E-state index contributed by atoms with van der Waals surface area (Å²) < 4.78 is 32.2. The molecule has 4 rings (SSSR count). The summed E-state index contributed by atoms with van der Waals surface area (Å²) in [4.78, 5) is 20.4. The Morgan fingerprint density at radius 3 is 2.39 bits per heavy atom. The maximum Gasteiger partial charge on any atom is 0.341 e. The minimum atomic E-state index is -3.53. The van der Waals surface area contributed by atoms with E-state index >= 15 is 0 Å². The van der Waals surface area contributed by atoms with Crippen molar-refractivity contribution in [2.75, 3.05) is 31.6 Å². The number of aromatic nitrogens is 2. The average Bonchev–Trinajstić information content (AvgIpc) is 2.84. The number of para-hydroxylation sites is 1. The molecule has 1 aromatic heterocycles. The minimum Gasteiger partial charge on any atom is -0.477 e. The molecule has 1 aliphatic rings. The quantitative estimate of drug-likeness (QED) is 0.518. The molecule has 2 heterocycles. The van der Waals surface area contributed by atoms with E-state index < -0.39 is 16.0 Å². The van der Waals surface area contributed by atoms with Gasteiger partial charge in [0.2, 0.25) is 10.0 Å². The van der Waals surface area contributed by atoms with Gasteiger partial charge in [-0.05, 0) is 36.2 Å². The van der Waals surface area contributed by atoms with Gasteiger partial charge < -0.3 is 15.2 Å². The zero-order chi connectivity index (χ0) is 23.3. The van der Waals surface area contributed by atoms with E-state index in [9.17, 15) is 18.3 Å². The Morgan fingerprint density at radius 1 is 1.03 bits per heavy atom. The number of aryl methyl sites for hydroxylation is 2. The van der Waals surface area contributed by atoms with Crippen LogP contribution in [0.15, 0.2) is 65.7 Å². The van der Waals surface area contributed by atoms with Crippen molar-refractivity contribution in [3.8, 4) is 0 Å². The summed E-state index contributed by atoms with van der Waals surface area (Å²) in [5, 5.41) is 12.5. The van der Waals surface area contributed by atoms with Gasteiger partial charge >= 0.3 is 5.97 Å². The number of nitrogens with zero attached hydrogens (tertiary/aromatic N) is 3. The SMILES string of the molecule is O=C(O)c1cnc(CCc2ccc(S(=O)(=O)N3CCOCC3)cc2)nc1Nc1ccccc1. The lowest BCUT2D eigenvalue weighted by Crippen LogP contribution is -2.40. The van der Waals surface area contributed by atoms with Crippen molar-refractivity contribution >= 4 is 27.5 Å². The van der Waals surface area contributed by atoms with Crippen LogP contribution < -0.4 is 5.32 Å². The van der Waals surface area contributed by atoms with Crippen LogP contribution in [0.5, 0.6) is 0 Å². The maximum absolute atomic E-state index is 12.7. The molecule has 172 valence electrons. The summed E-state index contributed by atoms with van der Waals surface area (Å²) in [6, 6.07) is 16.0. The first-order chi connectivity index (χ1) is 15.9. The Bertz CT molecular complexity index is 1210. The predicted octanol–water partition coefficient (Wildman–Crippen LogP) is 2.72. The number of carbonyl (C=O) groups is 1. The first-order valence-electron chi connectivity index (χ1n) is 10.5. The van der Waals surface area contributed by atoms with Crippen LogP contribution in [0.25, 0.3) is 0 Å². The lowest BCUT2D eigenvalue weighted by atomic mass is 10.1. The van der Waals surface area contributed by atoms with Crippen molar-refractivity contribution in [2.45, 2.75) is 17.7 Å². The third-order valence-electron chi connectivity index (χ3n) is 5.27. The van der Waals surface area contributed by atoms with E-state index in [2.05, 4.69) is 15.3 Å². The monoisotopic (exact) mass is 468 g/mol. The van der Waals surface area contributed by atoms with Crippen LogP contribution in [0.2, 0.25) is 0 Å². The largest absolute Gasteiger partial charge is 0.477 e. The fraction of sp³-hybridized carbons (Fsp3) is 0.261. The first-order valence-corrected chi connectivity index (χ1v) is 12.0. The number of carboxylic acid groups (broad SMARTS) is 1. The number of anilines is 2. The zero-order valence-electron chi connectivity index (χ0n) is 17.8. The van der Waals surface area contributed by atoms with E-state index in [1.807, 2.05) is 30.3 Å². The number of hydrogen-bond acceptors (Lipinski definition) is 7. The second-order valence-electron chi connectivity index (χ2n) is 7.51. The third kappa shape index (κ3) is 5.54. The number of nitrogens with one attached hydrogen (secondary N) is 1. The standard InChI is InChI=1S/C23H24N4O5S/c28-23(29)20-16-24-21(26-22(20)25-18-4-2-1-3-5-18)11-8-17-6-9-19(10-7-17)33(30,31)27-12-14-32-15-13-27/h1-7,9-10,16H,8,11-15H2,(H,28,29)(H,24,25,26). The van der Waals surface area contributed by atoms with Crippen LogP contribution in [0.3, 0.4) is 0 Å². The van der Waals surface area contributed by atoms with Gasteiger partial charge in [0.15, 0.2) is 0 Å². The summed E-state index contributed by atoms with van der Waals surface area (Å²) in [5.74, 6) is -0.397. The van der Waals surface area contributed by atoms with Crippen molar-refractivity contribution in [3.05, 3.63) is 77.7 Å². The van der Waals surface area contributed by atoms with Gasteiger partial charge in [-0.25, -0.2) is 23.2 Å². The van der Waals surface area contributed by atoms with Gasteiger partial charge in [-0.3, -0.25) is 0 Å². The molecule has 0 unspecified atom stereocenters. The molecule has 0 atom stereocenters. The fourth-order valence-corrected chi connectivity index (χ4v) is 4.88. The average molecular weight is 469 g/mol. The molecule has 10 heteroatoms. The molecular formula is C23H24N4O5S. The van der Waals surface area contributed by atoms with E-state index in [0.29, 0.717) is 45.0 Å². The second-order valence-corrected chi connectivity index (χ2v) is 9.44. The van der Waals surface area contributed by atoms with Gasteiger partial charge in [0.25, 0.3) is 0 Å². The topological polar surface area (TPSA) is 122 Å². The van der Waals surface area contributed by atoms with E-state index in [4.69, 9.17) is 4.74 Å². The minimum absolute atomic E-state index is 0.0136. The van der Waals surface area contributed by atoms with Crippen LogP contribution in [0, 0.1) is 0 Å². The molecule has 0 spiro atoms. The van der Waals surface area contributed by atoms with Crippen molar-refractivity contribution in [2.24, 2.45) is 0 Å². The number of ether oxygens (including phenoxy) is 1. The van der Waals surface area contributed by atoms with E-state index in [-0.39, 0.29) is 16.3 Å². The molecule has 1 aliphatic heterocycles. The number of rotatable bonds is 8. The Kier molecular flexibility index (Phi) is 6.97. The first kappa shape index (κ1) is 22.8. The lowest BCUT2D eigenvalue weighted by molar-refractivity contribution is 0.0697. The molecule has 0 amide bonds. The van der Waals surface area contributed by atoms with Crippen LogP contribution in [-0.4, -0.2) is 60.1 Å². The van der Waals surface area contributed by atoms with Gasteiger partial charge in [-0.15, -0.1) is 0 Å². The van der Waals surface area contributed by atoms with Crippen LogP contribution in [0.4, 0.5) is 11.5 Å². The molecule has 0 radical (unpaired) electrons. The molecule has 3 aromatic rings. The molecule has 33 heavy (non-hydrogen) atoms. The van der Waals surface area contributed by atoms with Crippen LogP contribution >= 0.6 is 0 Å². The van der Waals surface area contributed by atoms with E-state index in [1.165, 1.54) is 10.5 Å². The maximum atomic E-state index is 12.7. The van der Waals surface area contributed by atoms with E-state index in [0.717, 1.165) is 11.3 Å². The van der Waals surface area contributed by atoms with Gasteiger partial charge in [0, 0.05) is 31.4 Å². The Hall–Kier alpha value is -3.34. The normalized spacial score (nSPS) is 14.7. The highest BCUT2D eigenvalue weighted by atomic mass is 32.2. The lowest BCUT2D eigenvalue weighted by Gasteiger charge is -2.26. The van der Waals surface area contributed by atoms with Gasteiger partial charge in [-0.1, -0.05) is 30.3 Å². The molecule has 1 fully saturated rings. The molecular weight excluding hydrogens is 444 g/mol. The molecule has 0 saturated carbocycles. The van der Waals surface area contributed by atoms with Gasteiger partial charge in [0.1, 0.15) is 17.2 Å². The summed E-state index contributed by atoms with van der Waals surface area (Å²) in [6.45, 7) is 1.51. The molecule has 2 N–H and O–H groups in total. The molecule has 9 nitrogen and oxygen atoms in total. The number of benzene rings is 2. The highest BCUT2D eigenvalue weighted by Gasteiger charge is 2.26. The summed E-state index contributed by atoms with van der Waals surface area (Å²) in [7, 11) is -3.53. The summed E-state index contributed by atoms with van der Waals surface area (Å²) in [5.41, 5.74) is 1.64.